The highest BCUT2D eigenvalue weighted by Gasteiger charge is 2.14. The summed E-state index contributed by atoms with van der Waals surface area (Å²) in [5, 5.41) is 0. The Balaban J connectivity index is 1.92. The van der Waals surface area contributed by atoms with Crippen molar-refractivity contribution >= 4 is 8.07 Å². The monoisotopic (exact) mass is 230 g/mol. The summed E-state index contributed by atoms with van der Waals surface area (Å²) in [6.45, 7) is 9.06. The van der Waals surface area contributed by atoms with Crippen LogP contribution >= 0.6 is 0 Å². The van der Waals surface area contributed by atoms with Gasteiger partial charge < -0.3 is 9.47 Å². The zero-order chi connectivity index (χ0) is 11.1. The lowest BCUT2D eigenvalue weighted by Gasteiger charge is -2.23. The van der Waals surface area contributed by atoms with Gasteiger partial charge in [-0.25, -0.2) is 0 Å². The summed E-state index contributed by atoms with van der Waals surface area (Å²) in [6, 6.07) is 1.42. The maximum atomic E-state index is 5.69. The molecule has 0 radical (unpaired) electrons. The topological polar surface area (TPSA) is 18.5 Å². The molecule has 0 amide bonds. The van der Waals surface area contributed by atoms with E-state index in [2.05, 4.69) is 19.6 Å². The van der Waals surface area contributed by atoms with Crippen LogP contribution in [0.4, 0.5) is 0 Å². The Morgan fingerprint density at radius 2 is 2.00 bits per heavy atom. The van der Waals surface area contributed by atoms with Gasteiger partial charge in [0.2, 0.25) is 0 Å². The lowest BCUT2D eigenvalue weighted by atomic mass is 10.2. The zero-order valence-corrected chi connectivity index (χ0v) is 11.6. The van der Waals surface area contributed by atoms with Crippen molar-refractivity contribution in [3.05, 3.63) is 0 Å². The third-order valence-corrected chi connectivity index (χ3v) is 4.62. The maximum Gasteiger partial charge on any atom is 0.157 e. The minimum atomic E-state index is -0.834. The molecular formula is C12H26O2Si. The van der Waals surface area contributed by atoms with Gasteiger partial charge in [-0.15, -0.1) is 0 Å². The third-order valence-electron chi connectivity index (χ3n) is 2.76. The Labute approximate surface area is 95.4 Å². The molecule has 1 unspecified atom stereocenters. The maximum absolute atomic E-state index is 5.69. The van der Waals surface area contributed by atoms with Crippen molar-refractivity contribution in [1.82, 2.24) is 0 Å². The van der Waals surface area contributed by atoms with E-state index in [1.165, 1.54) is 31.7 Å². The summed E-state index contributed by atoms with van der Waals surface area (Å²) >= 11 is 0. The fraction of sp³-hybridized carbons (Fsp3) is 1.00. The van der Waals surface area contributed by atoms with E-state index in [0.717, 1.165) is 19.6 Å². The second-order valence-corrected chi connectivity index (χ2v) is 11.3. The van der Waals surface area contributed by atoms with Gasteiger partial charge in [-0.05, 0) is 25.7 Å². The number of ether oxygens (including phenoxy) is 2. The summed E-state index contributed by atoms with van der Waals surface area (Å²) in [4.78, 5) is 0. The molecule has 0 aromatic carbocycles. The van der Waals surface area contributed by atoms with E-state index < -0.39 is 8.07 Å². The molecule has 0 saturated carbocycles. The van der Waals surface area contributed by atoms with E-state index in [0.29, 0.717) is 0 Å². The fourth-order valence-corrected chi connectivity index (χ4v) is 3.13. The molecule has 0 aromatic rings. The van der Waals surface area contributed by atoms with E-state index in [4.69, 9.17) is 9.47 Å². The minimum absolute atomic E-state index is 0.102. The standard InChI is InChI=1S/C12H26O2Si/c1-15(2,3)11-7-6-10-14-12-8-4-5-9-13-12/h12H,4-11H2,1-3H3. The van der Waals surface area contributed by atoms with Gasteiger partial charge in [0.05, 0.1) is 0 Å². The summed E-state index contributed by atoms with van der Waals surface area (Å²) < 4.78 is 11.2. The zero-order valence-electron chi connectivity index (χ0n) is 10.6. The smallest absolute Gasteiger partial charge is 0.157 e. The fourth-order valence-electron chi connectivity index (χ4n) is 1.81. The van der Waals surface area contributed by atoms with Crippen molar-refractivity contribution in [3.8, 4) is 0 Å². The highest BCUT2D eigenvalue weighted by atomic mass is 28.3. The van der Waals surface area contributed by atoms with Gasteiger partial charge in [0.15, 0.2) is 6.29 Å². The first kappa shape index (κ1) is 13.2. The molecule has 1 aliphatic rings. The Morgan fingerprint density at radius 3 is 2.60 bits per heavy atom. The second kappa shape index (κ2) is 6.66. The Morgan fingerprint density at radius 1 is 1.20 bits per heavy atom. The van der Waals surface area contributed by atoms with Crippen LogP contribution in [0, 0.1) is 0 Å². The van der Waals surface area contributed by atoms with E-state index in [9.17, 15) is 0 Å². The van der Waals surface area contributed by atoms with Crippen LogP contribution in [0.15, 0.2) is 0 Å². The van der Waals surface area contributed by atoms with Crippen LogP contribution in [0.5, 0.6) is 0 Å². The Bertz CT molecular complexity index is 159. The number of hydrogen-bond donors (Lipinski definition) is 0. The van der Waals surface area contributed by atoms with Crippen molar-refractivity contribution in [2.75, 3.05) is 13.2 Å². The molecule has 15 heavy (non-hydrogen) atoms. The number of unbranched alkanes of at least 4 members (excludes halogenated alkanes) is 1. The Hall–Kier alpha value is 0.137. The third kappa shape index (κ3) is 7.09. The molecule has 3 heteroatoms. The lowest BCUT2D eigenvalue weighted by Crippen LogP contribution is -2.23. The second-order valence-electron chi connectivity index (χ2n) is 5.68. The summed E-state index contributed by atoms with van der Waals surface area (Å²) in [7, 11) is -0.834. The molecule has 0 N–H and O–H groups in total. The lowest BCUT2D eigenvalue weighted by molar-refractivity contribution is -0.162. The largest absolute Gasteiger partial charge is 0.353 e. The van der Waals surface area contributed by atoms with Crippen molar-refractivity contribution in [3.63, 3.8) is 0 Å². The molecule has 1 rings (SSSR count). The van der Waals surface area contributed by atoms with Crippen molar-refractivity contribution in [2.45, 2.75) is 64.1 Å². The molecule has 1 aliphatic heterocycles. The molecule has 1 atom stereocenters. The van der Waals surface area contributed by atoms with Crippen LogP contribution < -0.4 is 0 Å². The molecule has 0 aromatic heterocycles. The predicted octanol–water partition coefficient (Wildman–Crippen LogP) is 3.65. The van der Waals surface area contributed by atoms with Gasteiger partial charge in [0, 0.05) is 21.3 Å². The first-order chi connectivity index (χ1) is 7.08. The van der Waals surface area contributed by atoms with Crippen LogP contribution in [0.1, 0.15) is 32.1 Å². The van der Waals surface area contributed by atoms with Gasteiger partial charge >= 0.3 is 0 Å². The van der Waals surface area contributed by atoms with E-state index >= 15 is 0 Å². The summed E-state index contributed by atoms with van der Waals surface area (Å²) in [5.74, 6) is 0. The first-order valence-electron chi connectivity index (χ1n) is 6.31. The molecule has 1 heterocycles. The van der Waals surface area contributed by atoms with Crippen LogP contribution in [-0.2, 0) is 9.47 Å². The molecule has 1 saturated heterocycles. The van der Waals surface area contributed by atoms with Crippen molar-refractivity contribution in [1.29, 1.82) is 0 Å². The molecule has 0 aliphatic carbocycles. The van der Waals surface area contributed by atoms with Crippen LogP contribution in [0.3, 0.4) is 0 Å². The minimum Gasteiger partial charge on any atom is -0.353 e. The highest BCUT2D eigenvalue weighted by molar-refractivity contribution is 6.76. The average molecular weight is 230 g/mol. The van der Waals surface area contributed by atoms with Gasteiger partial charge in [-0.1, -0.05) is 32.1 Å². The Kier molecular flexibility index (Phi) is 5.86. The predicted molar refractivity (Wildman–Crippen MR) is 66.9 cm³/mol. The van der Waals surface area contributed by atoms with Crippen molar-refractivity contribution < 1.29 is 9.47 Å². The van der Waals surface area contributed by atoms with Gasteiger partial charge in [0.1, 0.15) is 0 Å². The summed E-state index contributed by atoms with van der Waals surface area (Å²) in [6.07, 6.45) is 6.18. The van der Waals surface area contributed by atoms with E-state index in [1.807, 2.05) is 0 Å². The van der Waals surface area contributed by atoms with Crippen LogP contribution in [-0.4, -0.2) is 27.6 Å². The highest BCUT2D eigenvalue weighted by Crippen LogP contribution is 2.16. The molecule has 0 bridgehead atoms. The number of hydrogen-bond acceptors (Lipinski definition) is 2. The van der Waals surface area contributed by atoms with Crippen LogP contribution in [0.2, 0.25) is 25.7 Å². The molecule has 90 valence electrons. The van der Waals surface area contributed by atoms with Crippen molar-refractivity contribution in [2.24, 2.45) is 0 Å². The molecule has 1 fully saturated rings. The first-order valence-corrected chi connectivity index (χ1v) is 10.0. The van der Waals surface area contributed by atoms with Gasteiger partial charge in [-0.3, -0.25) is 0 Å². The SMILES string of the molecule is C[Si](C)(C)CCCCOC1CCCCO1. The van der Waals surface area contributed by atoms with Gasteiger partial charge in [0.25, 0.3) is 0 Å². The normalized spacial score (nSPS) is 23.0. The number of rotatable bonds is 6. The molecule has 2 nitrogen and oxygen atoms in total. The molecule has 0 spiro atoms. The summed E-state index contributed by atoms with van der Waals surface area (Å²) in [5.41, 5.74) is 0. The van der Waals surface area contributed by atoms with E-state index in [1.54, 1.807) is 0 Å². The quantitative estimate of drug-likeness (QED) is 0.512. The molecular weight excluding hydrogens is 204 g/mol. The van der Waals surface area contributed by atoms with E-state index in [-0.39, 0.29) is 6.29 Å². The average Bonchev–Trinajstić information content (AvgIpc) is 2.17. The van der Waals surface area contributed by atoms with Crippen LogP contribution in [0.25, 0.3) is 0 Å². The van der Waals surface area contributed by atoms with Gasteiger partial charge in [-0.2, -0.15) is 0 Å².